The Kier molecular flexibility index (Phi) is 4.53. The third kappa shape index (κ3) is 3.03. The summed E-state index contributed by atoms with van der Waals surface area (Å²) in [6.07, 6.45) is 0. The van der Waals surface area contributed by atoms with Crippen molar-refractivity contribution >= 4 is 11.6 Å². The molecule has 4 aromatic rings. The summed E-state index contributed by atoms with van der Waals surface area (Å²) in [4.78, 5) is 12.7. The van der Waals surface area contributed by atoms with Crippen LogP contribution in [0.3, 0.4) is 0 Å². The number of rotatable bonds is 3. The number of benzene rings is 3. The van der Waals surface area contributed by atoms with Gasteiger partial charge in [-0.2, -0.15) is 0 Å². The first kappa shape index (κ1) is 17.1. The molecule has 0 atom stereocenters. The van der Waals surface area contributed by atoms with E-state index in [0.29, 0.717) is 21.6 Å². The van der Waals surface area contributed by atoms with Crippen LogP contribution < -0.4 is 5.56 Å². The van der Waals surface area contributed by atoms with Gasteiger partial charge in [-0.25, -0.2) is 0 Å². The highest BCUT2D eigenvalue weighted by Crippen LogP contribution is 2.41. The summed E-state index contributed by atoms with van der Waals surface area (Å²) < 4.78 is 0.645. The van der Waals surface area contributed by atoms with Gasteiger partial charge in [0.2, 0.25) is 0 Å². The van der Waals surface area contributed by atoms with Crippen LogP contribution in [0.1, 0.15) is 0 Å². The topological polar surface area (TPSA) is 42.2 Å². The van der Waals surface area contributed by atoms with E-state index in [1.165, 1.54) is 0 Å². The van der Waals surface area contributed by atoms with Gasteiger partial charge in [0.25, 0.3) is 0 Å². The molecule has 3 nitrogen and oxygen atoms in total. The maximum atomic E-state index is 12.7. The minimum Gasteiger partial charge on any atom is -0.425 e. The molecule has 0 fully saturated rings. The lowest BCUT2D eigenvalue weighted by atomic mass is 9.91. The second kappa shape index (κ2) is 7.14. The molecule has 0 saturated carbocycles. The minimum absolute atomic E-state index is 0.0118. The van der Waals surface area contributed by atoms with Crippen LogP contribution in [0.25, 0.3) is 33.5 Å². The quantitative estimate of drug-likeness (QED) is 0.465. The Balaban J connectivity index is 2.20. The van der Waals surface area contributed by atoms with Crippen molar-refractivity contribution in [3.8, 4) is 33.5 Å². The second-order valence-corrected chi connectivity index (χ2v) is 6.51. The summed E-state index contributed by atoms with van der Waals surface area (Å²) in [5.74, 6) is 0. The first-order chi connectivity index (χ1) is 13.2. The first-order valence-electron chi connectivity index (χ1n) is 8.52. The van der Waals surface area contributed by atoms with Crippen LogP contribution in [0.2, 0.25) is 5.02 Å². The van der Waals surface area contributed by atoms with Crippen LogP contribution in [0.4, 0.5) is 0 Å². The largest absolute Gasteiger partial charge is 0.425 e. The van der Waals surface area contributed by atoms with Crippen molar-refractivity contribution in [2.24, 2.45) is 0 Å². The predicted octanol–water partition coefficient (Wildman–Crippen LogP) is 5.74. The third-order valence-electron chi connectivity index (χ3n) is 4.47. The van der Waals surface area contributed by atoms with E-state index >= 15 is 0 Å². The zero-order valence-corrected chi connectivity index (χ0v) is 15.1. The van der Waals surface area contributed by atoms with Crippen molar-refractivity contribution in [1.29, 1.82) is 0 Å². The van der Waals surface area contributed by atoms with Gasteiger partial charge in [-0.1, -0.05) is 103 Å². The Morgan fingerprint density at radius 2 is 1.04 bits per heavy atom. The van der Waals surface area contributed by atoms with Crippen LogP contribution in [0.15, 0.2) is 95.8 Å². The molecular formula is C23H16ClNO2. The lowest BCUT2D eigenvalue weighted by molar-refractivity contribution is 0.180. The standard InChI is InChI=1S/C23H16ClNO2/c24-21-19(16-10-4-1-5-11-16)20(17-12-6-2-7-13-17)22(25(27)23(21)26)18-14-8-3-9-15-18/h1-15,27H. The smallest absolute Gasteiger partial charge is 0.302 e. The van der Waals surface area contributed by atoms with Crippen molar-refractivity contribution in [1.82, 2.24) is 4.73 Å². The number of hydrogen-bond donors (Lipinski definition) is 1. The summed E-state index contributed by atoms with van der Waals surface area (Å²) >= 11 is 6.45. The van der Waals surface area contributed by atoms with Gasteiger partial charge < -0.3 is 5.21 Å². The third-order valence-corrected chi connectivity index (χ3v) is 4.82. The van der Waals surface area contributed by atoms with Crippen molar-refractivity contribution in [3.63, 3.8) is 0 Å². The Labute approximate surface area is 161 Å². The summed E-state index contributed by atoms with van der Waals surface area (Å²) in [6, 6.07) is 28.5. The molecule has 0 aliphatic heterocycles. The highest BCUT2D eigenvalue weighted by molar-refractivity contribution is 6.34. The van der Waals surface area contributed by atoms with Crippen LogP contribution >= 0.6 is 11.6 Å². The van der Waals surface area contributed by atoms with E-state index in [2.05, 4.69) is 0 Å². The molecule has 0 radical (unpaired) electrons. The van der Waals surface area contributed by atoms with Crippen LogP contribution in [-0.4, -0.2) is 9.94 Å². The summed E-state index contributed by atoms with van der Waals surface area (Å²) in [5.41, 5.74) is 3.49. The van der Waals surface area contributed by atoms with Gasteiger partial charge in [-0.05, 0) is 11.1 Å². The second-order valence-electron chi connectivity index (χ2n) is 6.13. The number of hydrogen-bond acceptors (Lipinski definition) is 2. The minimum atomic E-state index is -0.644. The zero-order chi connectivity index (χ0) is 18.8. The van der Waals surface area contributed by atoms with Crippen LogP contribution in [0, 0.1) is 0 Å². The molecule has 3 aromatic carbocycles. The number of nitrogens with zero attached hydrogens (tertiary/aromatic N) is 1. The van der Waals surface area contributed by atoms with E-state index in [-0.39, 0.29) is 5.02 Å². The van der Waals surface area contributed by atoms with Crippen molar-refractivity contribution < 1.29 is 5.21 Å². The van der Waals surface area contributed by atoms with E-state index in [4.69, 9.17) is 11.6 Å². The summed E-state index contributed by atoms with van der Waals surface area (Å²) in [6.45, 7) is 0. The highest BCUT2D eigenvalue weighted by atomic mass is 35.5. The summed E-state index contributed by atoms with van der Waals surface area (Å²) in [7, 11) is 0. The first-order valence-corrected chi connectivity index (χ1v) is 8.90. The van der Waals surface area contributed by atoms with Crippen molar-refractivity contribution in [2.75, 3.05) is 0 Å². The molecule has 0 spiro atoms. The monoisotopic (exact) mass is 373 g/mol. The molecule has 0 aliphatic rings. The molecule has 0 amide bonds. The SMILES string of the molecule is O=c1c(Cl)c(-c2ccccc2)c(-c2ccccc2)c(-c2ccccc2)n1O. The molecule has 0 aliphatic carbocycles. The molecular weight excluding hydrogens is 358 g/mol. The van der Waals surface area contributed by atoms with Crippen LogP contribution in [-0.2, 0) is 0 Å². The Morgan fingerprint density at radius 3 is 1.52 bits per heavy atom. The molecule has 0 unspecified atom stereocenters. The fourth-order valence-electron chi connectivity index (χ4n) is 3.26. The molecule has 132 valence electrons. The fraction of sp³-hybridized carbons (Fsp3) is 0. The van der Waals surface area contributed by atoms with E-state index in [9.17, 15) is 10.0 Å². The van der Waals surface area contributed by atoms with Gasteiger partial charge in [0, 0.05) is 16.7 Å². The molecule has 0 bridgehead atoms. The molecule has 1 heterocycles. The summed E-state index contributed by atoms with van der Waals surface area (Å²) in [5, 5.41) is 10.7. The molecule has 4 rings (SSSR count). The molecule has 1 aromatic heterocycles. The van der Waals surface area contributed by atoms with Gasteiger partial charge in [0.15, 0.2) is 0 Å². The Hall–Kier alpha value is -3.30. The van der Waals surface area contributed by atoms with Gasteiger partial charge in [0.05, 0.1) is 5.69 Å². The van der Waals surface area contributed by atoms with Gasteiger partial charge in [0.1, 0.15) is 5.02 Å². The predicted molar refractivity (Wildman–Crippen MR) is 109 cm³/mol. The maximum absolute atomic E-state index is 12.7. The van der Waals surface area contributed by atoms with E-state index in [1.54, 1.807) is 0 Å². The lowest BCUT2D eigenvalue weighted by Crippen LogP contribution is -2.22. The average molecular weight is 374 g/mol. The van der Waals surface area contributed by atoms with E-state index in [0.717, 1.165) is 16.7 Å². The zero-order valence-electron chi connectivity index (χ0n) is 14.3. The maximum Gasteiger partial charge on any atom is 0.302 e. The van der Waals surface area contributed by atoms with Gasteiger partial charge in [-0.3, -0.25) is 4.79 Å². The molecule has 1 N–H and O–H groups in total. The Bertz CT molecular complexity index is 1070. The van der Waals surface area contributed by atoms with Crippen LogP contribution in [0.5, 0.6) is 0 Å². The van der Waals surface area contributed by atoms with E-state index in [1.807, 2.05) is 91.0 Å². The van der Waals surface area contributed by atoms with Gasteiger partial charge in [-0.15, -0.1) is 4.73 Å². The highest BCUT2D eigenvalue weighted by Gasteiger charge is 2.23. The Morgan fingerprint density at radius 1 is 0.630 bits per heavy atom. The van der Waals surface area contributed by atoms with Gasteiger partial charge >= 0.3 is 5.56 Å². The molecule has 0 saturated heterocycles. The number of halogens is 1. The number of pyridine rings is 1. The van der Waals surface area contributed by atoms with E-state index < -0.39 is 5.56 Å². The number of aromatic nitrogens is 1. The molecule has 27 heavy (non-hydrogen) atoms. The average Bonchev–Trinajstić information content (AvgIpc) is 2.73. The lowest BCUT2D eigenvalue weighted by Gasteiger charge is -2.19. The van der Waals surface area contributed by atoms with Crippen molar-refractivity contribution in [2.45, 2.75) is 0 Å². The molecule has 4 heteroatoms. The van der Waals surface area contributed by atoms with Crippen molar-refractivity contribution in [3.05, 3.63) is 106 Å². The fourth-order valence-corrected chi connectivity index (χ4v) is 3.54. The normalized spacial score (nSPS) is 10.7.